The van der Waals surface area contributed by atoms with E-state index in [9.17, 15) is 4.79 Å². The number of carboxylic acids is 1. The number of hydrogen-bond acceptors (Lipinski definition) is 4. The van der Waals surface area contributed by atoms with E-state index in [0.717, 1.165) is 18.7 Å². The van der Waals surface area contributed by atoms with Crippen LogP contribution < -0.4 is 10.1 Å². The van der Waals surface area contributed by atoms with Gasteiger partial charge in [-0.25, -0.2) is 4.79 Å². The molecule has 5 nitrogen and oxygen atoms in total. The Kier molecular flexibility index (Phi) is 4.79. The quantitative estimate of drug-likeness (QED) is 0.759. The molecule has 5 heteroatoms. The number of methoxy groups -OCH3 is 1. The Balaban J connectivity index is 1.73. The van der Waals surface area contributed by atoms with Crippen molar-refractivity contribution >= 4 is 5.97 Å². The van der Waals surface area contributed by atoms with Crippen molar-refractivity contribution in [3.63, 3.8) is 0 Å². The van der Waals surface area contributed by atoms with Crippen LogP contribution in [0.15, 0.2) is 40.8 Å². The Morgan fingerprint density at radius 2 is 2.00 bits per heavy atom. The number of ether oxygens (including phenoxy) is 1. The van der Waals surface area contributed by atoms with Crippen molar-refractivity contribution < 1.29 is 19.1 Å². The molecule has 2 aromatic rings. The molecule has 0 fully saturated rings. The second-order valence-corrected chi connectivity index (χ2v) is 4.35. The van der Waals surface area contributed by atoms with E-state index in [1.807, 2.05) is 24.3 Å². The van der Waals surface area contributed by atoms with E-state index in [1.165, 1.54) is 11.6 Å². The minimum absolute atomic E-state index is 0.0306. The van der Waals surface area contributed by atoms with E-state index in [4.69, 9.17) is 14.3 Å². The fourth-order valence-electron chi connectivity index (χ4n) is 1.82. The first kappa shape index (κ1) is 14.1. The van der Waals surface area contributed by atoms with E-state index >= 15 is 0 Å². The zero-order chi connectivity index (χ0) is 14.4. The Morgan fingerprint density at radius 1 is 1.25 bits per heavy atom. The van der Waals surface area contributed by atoms with Gasteiger partial charge in [0.15, 0.2) is 0 Å². The van der Waals surface area contributed by atoms with Crippen molar-refractivity contribution in [1.82, 2.24) is 5.32 Å². The molecule has 20 heavy (non-hydrogen) atoms. The van der Waals surface area contributed by atoms with Gasteiger partial charge in [0.2, 0.25) is 5.76 Å². The van der Waals surface area contributed by atoms with Gasteiger partial charge >= 0.3 is 5.97 Å². The van der Waals surface area contributed by atoms with Crippen molar-refractivity contribution in [1.29, 1.82) is 0 Å². The molecule has 0 radical (unpaired) electrons. The first-order valence-electron chi connectivity index (χ1n) is 6.34. The number of rotatable bonds is 7. The molecule has 0 spiro atoms. The lowest BCUT2D eigenvalue weighted by Gasteiger charge is -2.04. The highest BCUT2D eigenvalue weighted by Gasteiger charge is 2.08. The summed E-state index contributed by atoms with van der Waals surface area (Å²) in [7, 11) is 1.64. The van der Waals surface area contributed by atoms with Gasteiger partial charge < -0.3 is 19.6 Å². The van der Waals surface area contributed by atoms with Crippen molar-refractivity contribution in [2.24, 2.45) is 0 Å². The minimum atomic E-state index is -1.05. The lowest BCUT2D eigenvalue weighted by molar-refractivity contribution is 0.0660. The van der Waals surface area contributed by atoms with Crippen molar-refractivity contribution in [2.45, 2.75) is 13.0 Å². The molecule has 0 saturated heterocycles. The van der Waals surface area contributed by atoms with Crippen LogP contribution in [0.1, 0.15) is 21.9 Å². The molecule has 1 aromatic carbocycles. The molecule has 0 amide bonds. The number of hydrogen-bond donors (Lipinski definition) is 2. The highest BCUT2D eigenvalue weighted by molar-refractivity contribution is 5.84. The van der Waals surface area contributed by atoms with Crippen LogP contribution in [0.25, 0.3) is 0 Å². The number of carboxylic acid groups (broad SMARTS) is 1. The third-order valence-electron chi connectivity index (χ3n) is 2.92. The first-order valence-corrected chi connectivity index (χ1v) is 6.34. The topological polar surface area (TPSA) is 71.7 Å². The van der Waals surface area contributed by atoms with Gasteiger partial charge in [-0.1, -0.05) is 12.1 Å². The smallest absolute Gasteiger partial charge is 0.371 e. The Labute approximate surface area is 117 Å². The monoisotopic (exact) mass is 275 g/mol. The summed E-state index contributed by atoms with van der Waals surface area (Å²) in [5.41, 5.74) is 1.21. The van der Waals surface area contributed by atoms with Crippen molar-refractivity contribution in [3.8, 4) is 5.75 Å². The summed E-state index contributed by atoms with van der Waals surface area (Å²) in [6.45, 7) is 1.30. The fraction of sp³-hybridized carbons (Fsp3) is 0.267. The van der Waals surface area contributed by atoms with E-state index in [1.54, 1.807) is 13.2 Å². The molecule has 0 bridgehead atoms. The number of carbonyl (C=O) groups is 1. The SMILES string of the molecule is COc1ccc(CCNCc2ccc(C(=O)O)o2)cc1. The molecule has 0 aliphatic heterocycles. The molecule has 2 rings (SSSR count). The number of furan rings is 1. The zero-order valence-corrected chi connectivity index (χ0v) is 11.3. The average Bonchev–Trinajstić information content (AvgIpc) is 2.93. The summed E-state index contributed by atoms with van der Waals surface area (Å²) in [5, 5.41) is 11.9. The summed E-state index contributed by atoms with van der Waals surface area (Å²) in [6, 6.07) is 11.0. The molecule has 1 heterocycles. The second kappa shape index (κ2) is 6.77. The van der Waals surface area contributed by atoms with Gasteiger partial charge in [0.05, 0.1) is 13.7 Å². The average molecular weight is 275 g/mol. The first-order chi connectivity index (χ1) is 9.69. The Bertz CT molecular complexity index is 560. The van der Waals surface area contributed by atoms with Crippen LogP contribution in [0.5, 0.6) is 5.75 Å². The largest absolute Gasteiger partial charge is 0.497 e. The van der Waals surface area contributed by atoms with Crippen LogP contribution in [0.4, 0.5) is 0 Å². The highest BCUT2D eigenvalue weighted by Crippen LogP contribution is 2.11. The molecular formula is C15H17NO4. The Hall–Kier alpha value is -2.27. The van der Waals surface area contributed by atoms with Gasteiger partial charge in [0.25, 0.3) is 0 Å². The lowest BCUT2D eigenvalue weighted by atomic mass is 10.1. The minimum Gasteiger partial charge on any atom is -0.497 e. The van der Waals surface area contributed by atoms with Gasteiger partial charge in [0.1, 0.15) is 11.5 Å². The molecule has 2 N–H and O–H groups in total. The fourth-order valence-corrected chi connectivity index (χ4v) is 1.82. The van der Waals surface area contributed by atoms with Gasteiger partial charge in [0, 0.05) is 0 Å². The normalized spacial score (nSPS) is 10.4. The van der Waals surface area contributed by atoms with Crippen LogP contribution in [0.3, 0.4) is 0 Å². The van der Waals surface area contributed by atoms with Crippen LogP contribution in [-0.4, -0.2) is 24.7 Å². The molecule has 106 valence electrons. The maximum absolute atomic E-state index is 10.7. The molecule has 0 atom stereocenters. The molecule has 1 aromatic heterocycles. The van der Waals surface area contributed by atoms with Crippen LogP contribution in [0, 0.1) is 0 Å². The number of benzene rings is 1. The number of nitrogens with one attached hydrogen (secondary N) is 1. The van der Waals surface area contributed by atoms with E-state index in [-0.39, 0.29) is 5.76 Å². The van der Waals surface area contributed by atoms with Crippen molar-refractivity contribution in [3.05, 3.63) is 53.5 Å². The van der Waals surface area contributed by atoms with E-state index in [0.29, 0.717) is 12.3 Å². The molecule has 0 aliphatic carbocycles. The molecular weight excluding hydrogens is 258 g/mol. The lowest BCUT2D eigenvalue weighted by Crippen LogP contribution is -2.16. The van der Waals surface area contributed by atoms with Gasteiger partial charge in [-0.3, -0.25) is 0 Å². The Morgan fingerprint density at radius 3 is 2.60 bits per heavy atom. The van der Waals surface area contributed by atoms with Crippen LogP contribution >= 0.6 is 0 Å². The second-order valence-electron chi connectivity index (χ2n) is 4.35. The van der Waals surface area contributed by atoms with Crippen molar-refractivity contribution in [2.75, 3.05) is 13.7 Å². The summed E-state index contributed by atoms with van der Waals surface area (Å²) < 4.78 is 10.2. The van der Waals surface area contributed by atoms with Gasteiger partial charge in [-0.15, -0.1) is 0 Å². The standard InChI is InChI=1S/C15H17NO4/c1-19-12-4-2-11(3-5-12)8-9-16-10-13-6-7-14(20-13)15(17)18/h2-7,16H,8-10H2,1H3,(H,17,18). The predicted molar refractivity (Wildman–Crippen MR) is 74.1 cm³/mol. The number of aromatic carboxylic acids is 1. The third kappa shape index (κ3) is 3.86. The van der Waals surface area contributed by atoms with Crippen LogP contribution in [-0.2, 0) is 13.0 Å². The molecule has 0 unspecified atom stereocenters. The summed E-state index contributed by atoms with van der Waals surface area (Å²) in [4.78, 5) is 10.7. The highest BCUT2D eigenvalue weighted by atomic mass is 16.5. The summed E-state index contributed by atoms with van der Waals surface area (Å²) in [6.07, 6.45) is 0.885. The molecule has 0 saturated carbocycles. The maximum Gasteiger partial charge on any atom is 0.371 e. The zero-order valence-electron chi connectivity index (χ0n) is 11.3. The maximum atomic E-state index is 10.7. The van der Waals surface area contributed by atoms with Crippen LogP contribution in [0.2, 0.25) is 0 Å². The van der Waals surface area contributed by atoms with Gasteiger partial charge in [-0.05, 0) is 42.8 Å². The summed E-state index contributed by atoms with van der Waals surface area (Å²) >= 11 is 0. The third-order valence-corrected chi connectivity index (χ3v) is 2.92. The molecule has 0 aliphatic rings. The van der Waals surface area contributed by atoms with E-state index < -0.39 is 5.97 Å². The van der Waals surface area contributed by atoms with Gasteiger partial charge in [-0.2, -0.15) is 0 Å². The van der Waals surface area contributed by atoms with E-state index in [2.05, 4.69) is 5.32 Å². The predicted octanol–water partition coefficient (Wildman–Crippen LogP) is 2.32. The summed E-state index contributed by atoms with van der Waals surface area (Å²) in [5.74, 6) is 0.391.